The predicted molar refractivity (Wildman–Crippen MR) is 73.1 cm³/mol. The summed E-state index contributed by atoms with van der Waals surface area (Å²) in [6, 6.07) is 4.06. The number of nitrogens with zero attached hydrogens (tertiary/aromatic N) is 2. The maximum absolute atomic E-state index is 10.7. The summed E-state index contributed by atoms with van der Waals surface area (Å²) in [5.74, 6) is 0.901. The van der Waals surface area contributed by atoms with E-state index in [0.717, 1.165) is 6.42 Å². The Labute approximate surface area is 116 Å². The molecule has 1 aliphatic carbocycles. The lowest BCUT2D eigenvalue weighted by Gasteiger charge is -2.25. The average Bonchev–Trinajstić information content (AvgIpc) is 2.40. The second kappa shape index (κ2) is 6.23. The van der Waals surface area contributed by atoms with Crippen molar-refractivity contribution in [2.24, 2.45) is 16.8 Å². The van der Waals surface area contributed by atoms with Crippen LogP contribution in [-0.2, 0) is 0 Å². The third-order valence-corrected chi connectivity index (χ3v) is 3.57. The Balaban J connectivity index is 2.11. The maximum atomic E-state index is 10.7. The van der Waals surface area contributed by atoms with Gasteiger partial charge in [0.15, 0.2) is 5.84 Å². The van der Waals surface area contributed by atoms with E-state index in [4.69, 9.17) is 15.7 Å². The summed E-state index contributed by atoms with van der Waals surface area (Å²) in [6.45, 7) is 0.522. The molecule has 1 saturated carbocycles. The molecule has 1 aromatic rings. The van der Waals surface area contributed by atoms with E-state index in [2.05, 4.69) is 5.16 Å². The van der Waals surface area contributed by atoms with E-state index >= 15 is 0 Å². The molecule has 0 amide bonds. The first kappa shape index (κ1) is 14.1. The molecule has 1 aliphatic rings. The van der Waals surface area contributed by atoms with E-state index < -0.39 is 4.92 Å². The van der Waals surface area contributed by atoms with Crippen molar-refractivity contribution in [3.05, 3.63) is 33.9 Å². The molecule has 3 N–H and O–H groups in total. The fourth-order valence-electron chi connectivity index (χ4n) is 2.13. The second-order valence-electron chi connectivity index (χ2n) is 4.86. The van der Waals surface area contributed by atoms with E-state index in [0.29, 0.717) is 18.3 Å². The minimum atomic E-state index is -0.535. The van der Waals surface area contributed by atoms with Gasteiger partial charge in [0.2, 0.25) is 0 Å². The zero-order valence-corrected chi connectivity index (χ0v) is 11.0. The number of oxime groups is 1. The SMILES string of the molecule is N/C(=N/O)c1cc([N+](=O)[O-])ccc1OCCC1CCC1. The van der Waals surface area contributed by atoms with Gasteiger partial charge in [-0.1, -0.05) is 24.4 Å². The number of rotatable bonds is 6. The summed E-state index contributed by atoms with van der Waals surface area (Å²) >= 11 is 0. The van der Waals surface area contributed by atoms with E-state index in [9.17, 15) is 10.1 Å². The molecule has 0 saturated heterocycles. The van der Waals surface area contributed by atoms with Crippen LogP contribution in [0.5, 0.6) is 5.75 Å². The number of non-ortho nitro benzene ring substituents is 1. The first-order chi connectivity index (χ1) is 9.61. The molecule has 108 valence electrons. The van der Waals surface area contributed by atoms with Crippen LogP contribution in [0.25, 0.3) is 0 Å². The van der Waals surface area contributed by atoms with Gasteiger partial charge in [0.1, 0.15) is 5.75 Å². The van der Waals surface area contributed by atoms with Gasteiger partial charge in [0.05, 0.1) is 17.1 Å². The molecular formula is C13H17N3O4. The molecule has 0 bridgehead atoms. The number of nitro groups is 1. The minimum Gasteiger partial charge on any atom is -0.493 e. The Hall–Kier alpha value is -2.31. The van der Waals surface area contributed by atoms with Crippen molar-refractivity contribution in [3.8, 4) is 5.75 Å². The zero-order valence-electron chi connectivity index (χ0n) is 11.0. The third-order valence-electron chi connectivity index (χ3n) is 3.57. The van der Waals surface area contributed by atoms with Crippen LogP contribution in [0.4, 0.5) is 5.69 Å². The van der Waals surface area contributed by atoms with Crippen LogP contribution in [-0.4, -0.2) is 22.6 Å². The topological polar surface area (TPSA) is 111 Å². The number of hydrogen-bond acceptors (Lipinski definition) is 5. The van der Waals surface area contributed by atoms with Crippen molar-refractivity contribution in [2.45, 2.75) is 25.7 Å². The van der Waals surface area contributed by atoms with Gasteiger partial charge < -0.3 is 15.7 Å². The predicted octanol–water partition coefficient (Wildman–Crippen LogP) is 2.26. The van der Waals surface area contributed by atoms with Crippen LogP contribution in [0.15, 0.2) is 23.4 Å². The Morgan fingerprint density at radius 2 is 2.30 bits per heavy atom. The monoisotopic (exact) mass is 279 g/mol. The molecule has 0 spiro atoms. The molecule has 0 aliphatic heterocycles. The number of benzene rings is 1. The quantitative estimate of drug-likeness (QED) is 0.273. The van der Waals surface area contributed by atoms with Crippen LogP contribution >= 0.6 is 0 Å². The molecule has 7 nitrogen and oxygen atoms in total. The highest BCUT2D eigenvalue weighted by molar-refractivity contribution is 6.00. The molecule has 2 rings (SSSR count). The van der Waals surface area contributed by atoms with Gasteiger partial charge in [-0.3, -0.25) is 10.1 Å². The highest BCUT2D eigenvalue weighted by Crippen LogP contribution is 2.30. The lowest BCUT2D eigenvalue weighted by atomic mass is 9.83. The third kappa shape index (κ3) is 3.17. The van der Waals surface area contributed by atoms with Gasteiger partial charge in [-0.15, -0.1) is 0 Å². The molecule has 0 aromatic heterocycles. The van der Waals surface area contributed by atoms with Crippen LogP contribution in [0.1, 0.15) is 31.2 Å². The van der Waals surface area contributed by atoms with E-state index in [1.165, 1.54) is 37.5 Å². The van der Waals surface area contributed by atoms with Gasteiger partial charge in [-0.25, -0.2) is 0 Å². The smallest absolute Gasteiger partial charge is 0.270 e. The molecule has 20 heavy (non-hydrogen) atoms. The van der Waals surface area contributed by atoms with Crippen molar-refractivity contribution in [2.75, 3.05) is 6.61 Å². The van der Waals surface area contributed by atoms with Gasteiger partial charge in [-0.2, -0.15) is 0 Å². The van der Waals surface area contributed by atoms with Crippen molar-refractivity contribution in [1.29, 1.82) is 0 Å². The fraction of sp³-hybridized carbons (Fsp3) is 0.462. The number of amidine groups is 1. The standard InChI is InChI=1S/C13H17N3O4/c14-13(15-17)11-8-10(16(18)19)4-5-12(11)20-7-6-9-2-1-3-9/h4-5,8-9,17H,1-3,6-7H2,(H2,14,15). The summed E-state index contributed by atoms with van der Waals surface area (Å²) in [5, 5.41) is 22.4. The highest BCUT2D eigenvalue weighted by atomic mass is 16.6. The molecule has 0 radical (unpaired) electrons. The maximum Gasteiger partial charge on any atom is 0.270 e. The largest absolute Gasteiger partial charge is 0.493 e. The average molecular weight is 279 g/mol. The molecular weight excluding hydrogens is 262 g/mol. The van der Waals surface area contributed by atoms with Crippen molar-refractivity contribution in [3.63, 3.8) is 0 Å². The zero-order chi connectivity index (χ0) is 14.5. The van der Waals surface area contributed by atoms with Crippen molar-refractivity contribution >= 4 is 11.5 Å². The Morgan fingerprint density at radius 3 is 2.85 bits per heavy atom. The van der Waals surface area contributed by atoms with Crippen LogP contribution < -0.4 is 10.5 Å². The minimum absolute atomic E-state index is 0.127. The van der Waals surface area contributed by atoms with Crippen LogP contribution in [0, 0.1) is 16.0 Å². The number of nitrogens with two attached hydrogens (primary N) is 1. The summed E-state index contributed by atoms with van der Waals surface area (Å²) in [6.07, 6.45) is 4.69. The summed E-state index contributed by atoms with van der Waals surface area (Å²) in [4.78, 5) is 10.2. The van der Waals surface area contributed by atoms with Gasteiger partial charge in [-0.05, 0) is 18.4 Å². The van der Waals surface area contributed by atoms with Crippen LogP contribution in [0.3, 0.4) is 0 Å². The van der Waals surface area contributed by atoms with E-state index in [1.54, 1.807) is 0 Å². The molecule has 1 fully saturated rings. The number of ether oxygens (including phenoxy) is 1. The van der Waals surface area contributed by atoms with E-state index in [1.807, 2.05) is 0 Å². The Bertz CT molecular complexity index is 526. The summed E-state index contributed by atoms with van der Waals surface area (Å²) < 4.78 is 5.61. The Morgan fingerprint density at radius 1 is 1.55 bits per heavy atom. The second-order valence-corrected chi connectivity index (χ2v) is 4.86. The van der Waals surface area contributed by atoms with Gasteiger partial charge >= 0.3 is 0 Å². The fourth-order valence-corrected chi connectivity index (χ4v) is 2.13. The molecule has 7 heteroatoms. The first-order valence-corrected chi connectivity index (χ1v) is 6.51. The molecule has 0 heterocycles. The lowest BCUT2D eigenvalue weighted by molar-refractivity contribution is -0.384. The lowest BCUT2D eigenvalue weighted by Crippen LogP contribution is -2.17. The highest BCUT2D eigenvalue weighted by Gasteiger charge is 2.18. The molecule has 1 aromatic carbocycles. The van der Waals surface area contributed by atoms with Gasteiger partial charge in [0.25, 0.3) is 5.69 Å². The summed E-state index contributed by atoms with van der Waals surface area (Å²) in [5.41, 5.74) is 5.64. The summed E-state index contributed by atoms with van der Waals surface area (Å²) in [7, 11) is 0. The normalized spacial score (nSPS) is 15.7. The first-order valence-electron chi connectivity index (χ1n) is 6.51. The number of nitro benzene ring substituents is 1. The Kier molecular flexibility index (Phi) is 4.39. The van der Waals surface area contributed by atoms with Crippen LogP contribution in [0.2, 0.25) is 0 Å². The van der Waals surface area contributed by atoms with Gasteiger partial charge in [0, 0.05) is 12.1 Å². The van der Waals surface area contributed by atoms with E-state index in [-0.39, 0.29) is 17.1 Å². The molecule has 0 atom stereocenters. The van der Waals surface area contributed by atoms with Crippen molar-refractivity contribution < 1.29 is 14.9 Å². The number of hydrogen-bond donors (Lipinski definition) is 2. The van der Waals surface area contributed by atoms with Crippen molar-refractivity contribution in [1.82, 2.24) is 0 Å². The molecule has 0 unspecified atom stereocenters.